The monoisotopic (exact) mass is 347 g/mol. The number of anilines is 1. The van der Waals surface area contributed by atoms with E-state index in [1.54, 1.807) is 4.57 Å². The van der Waals surface area contributed by atoms with Crippen molar-refractivity contribution in [3.63, 3.8) is 0 Å². The zero-order valence-electron chi connectivity index (χ0n) is 11.2. The van der Waals surface area contributed by atoms with Crippen LogP contribution in [0.15, 0.2) is 12.7 Å². The molecule has 0 spiro atoms. The van der Waals surface area contributed by atoms with Crippen molar-refractivity contribution in [1.82, 2.24) is 19.5 Å². The Morgan fingerprint density at radius 2 is 2.23 bits per heavy atom. The number of imidazole rings is 1. The van der Waals surface area contributed by atoms with Gasteiger partial charge < -0.3 is 29.9 Å². The van der Waals surface area contributed by atoms with Crippen LogP contribution in [-0.4, -0.2) is 53.2 Å². The summed E-state index contributed by atoms with van der Waals surface area (Å²) in [6.07, 6.45) is 0.903. The van der Waals surface area contributed by atoms with Crippen molar-refractivity contribution in [2.45, 2.75) is 24.9 Å². The fourth-order valence-electron chi connectivity index (χ4n) is 2.32. The second kappa shape index (κ2) is 5.78. The molecule has 2 aromatic heterocycles. The minimum absolute atomic E-state index is 0.123. The van der Waals surface area contributed by atoms with Gasteiger partial charge in [-0.3, -0.25) is 4.57 Å². The van der Waals surface area contributed by atoms with E-state index < -0.39 is 25.2 Å². The minimum atomic E-state index is -3.75. The van der Waals surface area contributed by atoms with E-state index in [2.05, 4.69) is 26.8 Å². The summed E-state index contributed by atoms with van der Waals surface area (Å²) in [5.41, 5.74) is 6.57. The van der Waals surface area contributed by atoms with Gasteiger partial charge in [0.05, 0.1) is 19.0 Å². The summed E-state index contributed by atoms with van der Waals surface area (Å²) < 4.78 is 12.0. The number of hydrogen-bond donors (Lipinski definition) is 4. The van der Waals surface area contributed by atoms with Gasteiger partial charge in [-0.25, -0.2) is 15.0 Å². The summed E-state index contributed by atoms with van der Waals surface area (Å²) in [5.74, 6) is 0.234. The number of nitrogen functional groups attached to an aromatic ring is 1. The summed E-state index contributed by atoms with van der Waals surface area (Å²) in [6.45, 7) is -3.87. The molecule has 0 amide bonds. The molecule has 12 heteroatoms. The van der Waals surface area contributed by atoms with Crippen molar-refractivity contribution in [1.29, 1.82) is 0 Å². The number of aromatic nitrogens is 4. The second-order valence-corrected chi connectivity index (χ2v) is 7.49. The van der Waals surface area contributed by atoms with Crippen LogP contribution >= 0.6 is 6.72 Å². The van der Waals surface area contributed by atoms with Crippen LogP contribution in [0, 0.1) is 0 Å². The highest BCUT2D eigenvalue weighted by molar-refractivity contribution is 8.06. The molecular weight excluding hydrogens is 333 g/mol. The topological polar surface area (TPSA) is 149 Å². The molecule has 0 radical (unpaired) electrons. The summed E-state index contributed by atoms with van der Waals surface area (Å²) in [4.78, 5) is 30.2. The first kappa shape index (κ1) is 15.7. The molecule has 0 bridgehead atoms. The highest BCUT2D eigenvalue weighted by Crippen LogP contribution is 2.39. The zero-order chi connectivity index (χ0) is 15.9. The van der Waals surface area contributed by atoms with Crippen molar-refractivity contribution >= 4 is 35.5 Å². The number of aliphatic hydroxyl groups excluding tert-OH is 1. The van der Waals surface area contributed by atoms with Crippen LogP contribution in [0.4, 0.5) is 5.82 Å². The van der Waals surface area contributed by atoms with Crippen LogP contribution in [-0.2, 0) is 21.1 Å². The van der Waals surface area contributed by atoms with Crippen molar-refractivity contribution in [3.8, 4) is 0 Å². The van der Waals surface area contributed by atoms with Gasteiger partial charge in [0.25, 0.3) is 0 Å². The SMILES string of the molecule is Nc1ncnc2c1ncn2[C@@H]1O[C@H](COP(O)(O)=S)C[C@@H]1O. The molecule has 2 aromatic rings. The molecule has 1 fully saturated rings. The normalized spacial score (nSPS) is 25.9. The van der Waals surface area contributed by atoms with Crippen molar-refractivity contribution < 1.29 is 24.2 Å². The van der Waals surface area contributed by atoms with Crippen molar-refractivity contribution in [2.75, 3.05) is 12.3 Å². The molecule has 3 heterocycles. The largest absolute Gasteiger partial charge is 0.388 e. The predicted molar refractivity (Wildman–Crippen MR) is 78.9 cm³/mol. The lowest BCUT2D eigenvalue weighted by molar-refractivity contribution is -0.0467. The van der Waals surface area contributed by atoms with Gasteiger partial charge >= 0.3 is 6.72 Å². The van der Waals surface area contributed by atoms with Crippen LogP contribution in [0.25, 0.3) is 11.2 Å². The second-order valence-electron chi connectivity index (χ2n) is 4.82. The first-order chi connectivity index (χ1) is 10.3. The van der Waals surface area contributed by atoms with Crippen LogP contribution in [0.3, 0.4) is 0 Å². The molecule has 10 nitrogen and oxygen atoms in total. The third-order valence-corrected chi connectivity index (χ3v) is 4.06. The lowest BCUT2D eigenvalue weighted by atomic mass is 10.2. The maximum Gasteiger partial charge on any atom is 0.321 e. The molecule has 0 unspecified atom stereocenters. The van der Waals surface area contributed by atoms with Gasteiger partial charge in [0.1, 0.15) is 17.9 Å². The molecule has 5 N–H and O–H groups in total. The van der Waals surface area contributed by atoms with Crippen LogP contribution in [0.2, 0.25) is 0 Å². The maximum atomic E-state index is 10.1. The lowest BCUT2D eigenvalue weighted by Gasteiger charge is -2.17. The smallest absolute Gasteiger partial charge is 0.321 e. The molecule has 0 aliphatic carbocycles. The third kappa shape index (κ3) is 3.10. The first-order valence-electron chi connectivity index (χ1n) is 6.32. The highest BCUT2D eigenvalue weighted by atomic mass is 32.5. The third-order valence-electron chi connectivity index (χ3n) is 3.26. The Labute approximate surface area is 129 Å². The molecular formula is C10H14N5O5PS. The summed E-state index contributed by atoms with van der Waals surface area (Å²) in [7, 11) is 0. The Balaban J connectivity index is 1.80. The molecule has 22 heavy (non-hydrogen) atoms. The lowest BCUT2D eigenvalue weighted by Crippen LogP contribution is -2.19. The average Bonchev–Trinajstić information content (AvgIpc) is 3.00. The molecule has 120 valence electrons. The number of hydrogen-bond acceptors (Lipinski definition) is 8. The molecule has 1 aliphatic heterocycles. The average molecular weight is 347 g/mol. The summed E-state index contributed by atoms with van der Waals surface area (Å²) >= 11 is 4.37. The molecule has 3 rings (SSSR count). The van der Waals surface area contributed by atoms with E-state index in [1.807, 2.05) is 0 Å². The van der Waals surface area contributed by atoms with E-state index in [-0.39, 0.29) is 18.8 Å². The number of ether oxygens (including phenoxy) is 1. The van der Waals surface area contributed by atoms with Crippen LogP contribution < -0.4 is 5.73 Å². The van der Waals surface area contributed by atoms with Gasteiger partial charge in [0.2, 0.25) is 0 Å². The molecule has 0 aromatic carbocycles. The summed E-state index contributed by atoms with van der Waals surface area (Å²) in [5, 5.41) is 10.1. The van der Waals surface area contributed by atoms with Gasteiger partial charge in [0.15, 0.2) is 17.7 Å². The first-order valence-corrected chi connectivity index (χ1v) is 8.94. The van der Waals surface area contributed by atoms with E-state index in [0.717, 1.165) is 0 Å². The van der Waals surface area contributed by atoms with Crippen molar-refractivity contribution in [2.24, 2.45) is 0 Å². The standard InChI is InChI=1S/C10H14N5O5PS/c11-8-7-9(13-3-12-8)15(4-14-7)10-6(16)1-5(20-10)2-19-21(17,18)22/h3-6,10,16H,1-2H2,(H2,11,12,13)(H2,17,18,22)/t5-,6-,10+/m0/s1. The Morgan fingerprint density at radius 1 is 1.45 bits per heavy atom. The zero-order valence-corrected chi connectivity index (χ0v) is 12.9. The Kier molecular flexibility index (Phi) is 4.12. The Hall–Kier alpha value is -1.20. The van der Waals surface area contributed by atoms with E-state index in [9.17, 15) is 5.11 Å². The van der Waals surface area contributed by atoms with Gasteiger partial charge in [0, 0.05) is 6.42 Å². The van der Waals surface area contributed by atoms with E-state index in [1.165, 1.54) is 12.7 Å². The van der Waals surface area contributed by atoms with E-state index in [0.29, 0.717) is 11.2 Å². The Morgan fingerprint density at radius 3 is 2.95 bits per heavy atom. The van der Waals surface area contributed by atoms with Crippen LogP contribution in [0.1, 0.15) is 12.6 Å². The maximum absolute atomic E-state index is 10.1. The highest BCUT2D eigenvalue weighted by Gasteiger charge is 2.37. The van der Waals surface area contributed by atoms with E-state index >= 15 is 0 Å². The Bertz CT molecular complexity index is 736. The van der Waals surface area contributed by atoms with Gasteiger partial charge in [-0.2, -0.15) is 0 Å². The minimum Gasteiger partial charge on any atom is -0.388 e. The number of fused-ring (bicyclic) bond motifs is 1. The molecule has 1 aliphatic rings. The number of nitrogens with zero attached hydrogens (tertiary/aromatic N) is 4. The number of rotatable bonds is 4. The summed E-state index contributed by atoms with van der Waals surface area (Å²) in [6, 6.07) is 0. The number of aliphatic hydroxyl groups is 1. The quantitative estimate of drug-likeness (QED) is 0.522. The predicted octanol–water partition coefficient (Wildman–Crippen LogP) is -0.717. The van der Waals surface area contributed by atoms with Crippen LogP contribution in [0.5, 0.6) is 0 Å². The fraction of sp³-hybridized carbons (Fsp3) is 0.500. The van der Waals surface area contributed by atoms with Gasteiger partial charge in [-0.05, 0) is 11.8 Å². The molecule has 1 saturated heterocycles. The molecule has 3 atom stereocenters. The van der Waals surface area contributed by atoms with Gasteiger partial charge in [-0.1, -0.05) is 0 Å². The van der Waals surface area contributed by atoms with Crippen molar-refractivity contribution in [3.05, 3.63) is 12.7 Å². The van der Waals surface area contributed by atoms with E-state index in [4.69, 9.17) is 24.8 Å². The molecule has 0 saturated carbocycles. The van der Waals surface area contributed by atoms with Gasteiger partial charge in [-0.15, -0.1) is 0 Å². The fourth-order valence-corrected chi connectivity index (χ4v) is 2.87. The number of nitrogens with two attached hydrogens (primary N) is 1.